The van der Waals surface area contributed by atoms with Crippen molar-refractivity contribution in [2.45, 2.75) is 25.9 Å². The molecule has 18 heavy (non-hydrogen) atoms. The number of aryl methyl sites for hydroxylation is 1. The fourth-order valence-corrected chi connectivity index (χ4v) is 2.64. The van der Waals surface area contributed by atoms with E-state index in [4.69, 9.17) is 4.74 Å². The van der Waals surface area contributed by atoms with Crippen LogP contribution in [-0.2, 0) is 4.74 Å². The second-order valence-corrected chi connectivity index (χ2v) is 5.63. The van der Waals surface area contributed by atoms with E-state index >= 15 is 0 Å². The normalized spacial score (nSPS) is 18.6. The Kier molecular flexibility index (Phi) is 4.97. The minimum Gasteiger partial charge on any atom is -0.391 e. The Morgan fingerprint density at radius 1 is 1.56 bits per heavy atom. The Balaban J connectivity index is 1.86. The molecule has 0 radical (unpaired) electrons. The van der Waals surface area contributed by atoms with Gasteiger partial charge in [-0.1, -0.05) is 0 Å². The molecule has 1 saturated heterocycles. The van der Waals surface area contributed by atoms with Gasteiger partial charge in [0.1, 0.15) is 5.82 Å². The van der Waals surface area contributed by atoms with E-state index in [0.29, 0.717) is 12.5 Å². The van der Waals surface area contributed by atoms with Crippen LogP contribution in [0.25, 0.3) is 0 Å². The van der Waals surface area contributed by atoms with Gasteiger partial charge in [-0.25, -0.2) is 4.98 Å². The Bertz CT molecular complexity index is 395. The van der Waals surface area contributed by atoms with E-state index < -0.39 is 0 Å². The van der Waals surface area contributed by atoms with Crippen molar-refractivity contribution in [1.29, 1.82) is 0 Å². The molecule has 1 fully saturated rings. The third-order valence-corrected chi connectivity index (χ3v) is 3.77. The average Bonchev–Trinajstić information content (AvgIpc) is 2.38. The maximum absolute atomic E-state index is 10.1. The second kappa shape index (κ2) is 6.50. The summed E-state index contributed by atoms with van der Waals surface area (Å²) in [5.74, 6) is 1.17. The van der Waals surface area contributed by atoms with Gasteiger partial charge in [-0.3, -0.25) is 0 Å². The summed E-state index contributed by atoms with van der Waals surface area (Å²) in [7, 11) is 0. The first-order valence-electron chi connectivity index (χ1n) is 6.28. The molecule has 5 heteroatoms. The molecule has 0 saturated carbocycles. The molecule has 1 atom stereocenters. The topological polar surface area (TPSA) is 54.4 Å². The molecule has 4 nitrogen and oxygen atoms in total. The first-order chi connectivity index (χ1) is 8.66. The Morgan fingerprint density at radius 3 is 2.94 bits per heavy atom. The van der Waals surface area contributed by atoms with Crippen molar-refractivity contribution in [1.82, 2.24) is 4.98 Å². The molecule has 0 amide bonds. The van der Waals surface area contributed by atoms with Crippen LogP contribution in [0, 0.1) is 12.8 Å². The second-order valence-electron chi connectivity index (χ2n) is 4.72. The number of halogens is 1. The van der Waals surface area contributed by atoms with Gasteiger partial charge in [-0.05, 0) is 53.2 Å². The van der Waals surface area contributed by atoms with Crippen molar-refractivity contribution in [3.05, 3.63) is 22.3 Å². The van der Waals surface area contributed by atoms with E-state index in [0.717, 1.165) is 41.9 Å². The van der Waals surface area contributed by atoms with Crippen molar-refractivity contribution in [2.75, 3.05) is 25.1 Å². The summed E-state index contributed by atoms with van der Waals surface area (Å²) in [5.41, 5.74) is 1.07. The van der Waals surface area contributed by atoms with Crippen molar-refractivity contribution in [3.8, 4) is 0 Å². The van der Waals surface area contributed by atoms with Crippen molar-refractivity contribution >= 4 is 21.7 Å². The number of hydrogen-bond donors (Lipinski definition) is 2. The van der Waals surface area contributed by atoms with Gasteiger partial charge in [0.2, 0.25) is 0 Å². The predicted octanol–water partition coefficient (Wildman–Crippen LogP) is 2.35. The Morgan fingerprint density at radius 2 is 2.28 bits per heavy atom. The van der Waals surface area contributed by atoms with Gasteiger partial charge in [0.25, 0.3) is 0 Å². The van der Waals surface area contributed by atoms with Gasteiger partial charge in [0.15, 0.2) is 0 Å². The summed E-state index contributed by atoms with van der Waals surface area (Å²) in [6.45, 7) is 4.07. The molecule has 0 spiro atoms. The standard InChI is InChI=1S/C13H19BrN2O2/c1-9-6-11(14)7-15-13(9)16-8-12(17)10-2-4-18-5-3-10/h6-7,10,12,17H,2-5,8H2,1H3,(H,15,16)/t12-/m0/s1. The van der Waals surface area contributed by atoms with Gasteiger partial charge in [0.05, 0.1) is 6.10 Å². The van der Waals surface area contributed by atoms with Crippen LogP contribution < -0.4 is 5.32 Å². The summed E-state index contributed by atoms with van der Waals surface area (Å²) >= 11 is 3.39. The molecule has 0 aliphatic carbocycles. The highest BCUT2D eigenvalue weighted by atomic mass is 79.9. The highest BCUT2D eigenvalue weighted by Gasteiger charge is 2.21. The lowest BCUT2D eigenvalue weighted by Gasteiger charge is -2.27. The van der Waals surface area contributed by atoms with Crippen LogP contribution in [0.5, 0.6) is 0 Å². The zero-order chi connectivity index (χ0) is 13.0. The molecule has 2 heterocycles. The van der Waals surface area contributed by atoms with Crippen molar-refractivity contribution in [2.24, 2.45) is 5.92 Å². The van der Waals surface area contributed by atoms with Crippen LogP contribution in [0.15, 0.2) is 16.7 Å². The maximum atomic E-state index is 10.1. The number of pyridine rings is 1. The molecule has 1 aromatic rings. The minimum atomic E-state index is -0.334. The van der Waals surface area contributed by atoms with E-state index in [1.54, 1.807) is 6.20 Å². The zero-order valence-corrected chi connectivity index (χ0v) is 12.1. The molecular weight excluding hydrogens is 296 g/mol. The lowest BCUT2D eigenvalue weighted by atomic mass is 9.94. The van der Waals surface area contributed by atoms with Crippen LogP contribution >= 0.6 is 15.9 Å². The summed E-state index contributed by atoms with van der Waals surface area (Å²) in [6.07, 6.45) is 3.31. The first kappa shape index (κ1) is 13.8. The average molecular weight is 315 g/mol. The van der Waals surface area contributed by atoms with Crippen LogP contribution in [0.3, 0.4) is 0 Å². The number of aliphatic hydroxyl groups is 1. The number of aromatic nitrogens is 1. The number of hydrogen-bond acceptors (Lipinski definition) is 4. The monoisotopic (exact) mass is 314 g/mol. The van der Waals surface area contributed by atoms with Gasteiger partial charge >= 0.3 is 0 Å². The highest BCUT2D eigenvalue weighted by molar-refractivity contribution is 9.10. The lowest BCUT2D eigenvalue weighted by molar-refractivity contribution is 0.0131. The summed E-state index contributed by atoms with van der Waals surface area (Å²) < 4.78 is 6.26. The molecule has 0 bridgehead atoms. The summed E-state index contributed by atoms with van der Waals surface area (Å²) in [4.78, 5) is 4.30. The van der Waals surface area contributed by atoms with E-state index in [1.807, 2.05) is 13.0 Å². The molecule has 1 aliphatic rings. The van der Waals surface area contributed by atoms with Crippen LogP contribution in [0.4, 0.5) is 5.82 Å². The first-order valence-corrected chi connectivity index (χ1v) is 7.08. The fraction of sp³-hybridized carbons (Fsp3) is 0.615. The number of anilines is 1. The number of nitrogens with one attached hydrogen (secondary N) is 1. The van der Waals surface area contributed by atoms with E-state index in [-0.39, 0.29) is 6.10 Å². The molecule has 0 aromatic carbocycles. The summed E-state index contributed by atoms with van der Waals surface area (Å²) in [6, 6.07) is 2.01. The number of rotatable bonds is 4. The van der Waals surface area contributed by atoms with Gasteiger partial charge in [-0.15, -0.1) is 0 Å². The number of nitrogens with zero attached hydrogens (tertiary/aromatic N) is 1. The van der Waals surface area contributed by atoms with E-state index in [2.05, 4.69) is 26.2 Å². The molecule has 2 N–H and O–H groups in total. The molecule has 100 valence electrons. The third kappa shape index (κ3) is 3.67. The van der Waals surface area contributed by atoms with E-state index in [1.165, 1.54) is 0 Å². The molecule has 0 unspecified atom stereocenters. The molecule has 1 aromatic heterocycles. The number of aliphatic hydroxyl groups excluding tert-OH is 1. The number of ether oxygens (including phenoxy) is 1. The highest BCUT2D eigenvalue weighted by Crippen LogP contribution is 2.20. The summed E-state index contributed by atoms with van der Waals surface area (Å²) in [5, 5.41) is 13.3. The van der Waals surface area contributed by atoms with Crippen LogP contribution in [0.2, 0.25) is 0 Å². The minimum absolute atomic E-state index is 0.334. The maximum Gasteiger partial charge on any atom is 0.129 e. The van der Waals surface area contributed by atoms with Gasteiger partial charge in [-0.2, -0.15) is 0 Å². The van der Waals surface area contributed by atoms with Gasteiger partial charge < -0.3 is 15.2 Å². The quantitative estimate of drug-likeness (QED) is 0.895. The SMILES string of the molecule is Cc1cc(Br)cnc1NC[C@H](O)C1CCOCC1. The van der Waals surface area contributed by atoms with Crippen LogP contribution in [-0.4, -0.2) is 36.0 Å². The Labute approximate surface area is 116 Å². The third-order valence-electron chi connectivity index (χ3n) is 3.33. The van der Waals surface area contributed by atoms with E-state index in [9.17, 15) is 5.11 Å². The van der Waals surface area contributed by atoms with Crippen LogP contribution in [0.1, 0.15) is 18.4 Å². The lowest BCUT2D eigenvalue weighted by Crippen LogP contribution is -2.32. The van der Waals surface area contributed by atoms with Crippen molar-refractivity contribution < 1.29 is 9.84 Å². The smallest absolute Gasteiger partial charge is 0.129 e. The fourth-order valence-electron chi connectivity index (χ4n) is 2.19. The molecule has 1 aliphatic heterocycles. The largest absolute Gasteiger partial charge is 0.391 e. The van der Waals surface area contributed by atoms with Crippen molar-refractivity contribution in [3.63, 3.8) is 0 Å². The zero-order valence-electron chi connectivity index (χ0n) is 10.5. The molecule has 2 rings (SSSR count). The predicted molar refractivity (Wildman–Crippen MR) is 74.7 cm³/mol. The van der Waals surface area contributed by atoms with Gasteiger partial charge in [0, 0.05) is 30.4 Å². The Hall–Kier alpha value is -0.650. The molecular formula is C13H19BrN2O2.